The average Bonchev–Trinajstić information content (AvgIpc) is 3.05. The van der Waals surface area contributed by atoms with Gasteiger partial charge < -0.3 is 9.72 Å². The highest BCUT2D eigenvalue weighted by molar-refractivity contribution is 5.87. The third kappa shape index (κ3) is 3.14. The zero-order valence-electron chi connectivity index (χ0n) is 15.6. The number of benzene rings is 2. The van der Waals surface area contributed by atoms with E-state index in [1.54, 1.807) is 32.0 Å². The van der Waals surface area contributed by atoms with Crippen molar-refractivity contribution in [2.24, 2.45) is 0 Å². The van der Waals surface area contributed by atoms with E-state index in [4.69, 9.17) is 4.74 Å². The second kappa shape index (κ2) is 7.09. The molecule has 0 saturated heterocycles. The lowest BCUT2D eigenvalue weighted by Crippen LogP contribution is -2.46. The molecule has 144 valence electrons. The molecular formula is C21H21N3O4. The van der Waals surface area contributed by atoms with E-state index in [2.05, 4.69) is 10.3 Å². The minimum Gasteiger partial charge on any atom is -0.462 e. The standard InChI is InChI=1S/C21H21N3O4/c1-12(2)28-21(25)17-11-15-13-7-3-5-9-16(13)22-20(15)19(23-17)14-8-4-6-10-18(14)24(26)27/h3-10,12,17,19,22-23H,11H2,1-2H3/t17-,19-/m0/s1. The number of esters is 1. The topological polar surface area (TPSA) is 97.3 Å². The fraction of sp³-hybridized carbons (Fsp3) is 0.286. The normalized spacial score (nSPS) is 18.8. The summed E-state index contributed by atoms with van der Waals surface area (Å²) in [6.07, 6.45) is 0.227. The van der Waals surface area contributed by atoms with E-state index in [0.29, 0.717) is 12.0 Å². The zero-order chi connectivity index (χ0) is 19.8. The number of rotatable bonds is 4. The summed E-state index contributed by atoms with van der Waals surface area (Å²) in [6, 6.07) is 13.4. The van der Waals surface area contributed by atoms with Crippen molar-refractivity contribution in [2.75, 3.05) is 0 Å². The van der Waals surface area contributed by atoms with Crippen LogP contribution in [0.25, 0.3) is 10.9 Å². The number of H-pyrrole nitrogens is 1. The molecule has 7 heteroatoms. The van der Waals surface area contributed by atoms with Crippen LogP contribution in [-0.2, 0) is 16.0 Å². The fourth-order valence-electron chi connectivity index (χ4n) is 3.84. The summed E-state index contributed by atoms with van der Waals surface area (Å²) in [4.78, 5) is 27.2. The molecule has 28 heavy (non-hydrogen) atoms. The van der Waals surface area contributed by atoms with Crippen LogP contribution in [0.4, 0.5) is 5.69 Å². The molecule has 0 bridgehead atoms. The van der Waals surface area contributed by atoms with Crippen LogP contribution in [0.15, 0.2) is 48.5 Å². The van der Waals surface area contributed by atoms with E-state index in [1.165, 1.54) is 6.07 Å². The SMILES string of the molecule is CC(C)OC(=O)[C@@H]1Cc2c([nH]c3ccccc23)[C@H](c2ccccc2[N+](=O)[O-])N1. The molecule has 0 amide bonds. The van der Waals surface area contributed by atoms with Crippen molar-refractivity contribution < 1.29 is 14.5 Å². The number of ether oxygens (including phenoxy) is 1. The van der Waals surface area contributed by atoms with Crippen LogP contribution in [-0.4, -0.2) is 28.0 Å². The zero-order valence-corrected chi connectivity index (χ0v) is 15.6. The number of carbonyl (C=O) groups excluding carboxylic acids is 1. The van der Waals surface area contributed by atoms with Gasteiger partial charge >= 0.3 is 5.97 Å². The maximum atomic E-state index is 12.6. The molecule has 2 atom stereocenters. The van der Waals surface area contributed by atoms with Gasteiger partial charge in [0.1, 0.15) is 6.04 Å². The summed E-state index contributed by atoms with van der Waals surface area (Å²) in [5.74, 6) is -0.352. The molecule has 1 aliphatic heterocycles. The fourth-order valence-corrected chi connectivity index (χ4v) is 3.84. The highest BCUT2D eigenvalue weighted by Gasteiger charge is 2.37. The maximum absolute atomic E-state index is 12.6. The van der Waals surface area contributed by atoms with Crippen LogP contribution in [0.2, 0.25) is 0 Å². The Labute approximate surface area is 161 Å². The largest absolute Gasteiger partial charge is 0.462 e. The summed E-state index contributed by atoms with van der Waals surface area (Å²) >= 11 is 0. The van der Waals surface area contributed by atoms with Gasteiger partial charge in [-0.2, -0.15) is 0 Å². The number of hydrogen-bond acceptors (Lipinski definition) is 5. The second-order valence-corrected chi connectivity index (χ2v) is 7.22. The Morgan fingerprint density at radius 2 is 1.89 bits per heavy atom. The predicted octanol–water partition coefficient (Wildman–Crippen LogP) is 3.63. The quantitative estimate of drug-likeness (QED) is 0.410. The van der Waals surface area contributed by atoms with Crippen molar-refractivity contribution in [1.82, 2.24) is 10.3 Å². The molecule has 0 fully saturated rings. The van der Waals surface area contributed by atoms with E-state index >= 15 is 0 Å². The molecule has 1 aromatic heterocycles. The smallest absolute Gasteiger partial charge is 0.323 e. The van der Waals surface area contributed by atoms with E-state index in [1.807, 2.05) is 24.3 Å². The molecule has 0 aliphatic carbocycles. The Bertz CT molecular complexity index is 1060. The van der Waals surface area contributed by atoms with Crippen LogP contribution in [0.5, 0.6) is 0 Å². The van der Waals surface area contributed by atoms with Crippen molar-refractivity contribution in [3.8, 4) is 0 Å². The highest BCUT2D eigenvalue weighted by atomic mass is 16.6. The van der Waals surface area contributed by atoms with Crippen molar-refractivity contribution >= 4 is 22.6 Å². The Hall–Kier alpha value is -3.19. The van der Waals surface area contributed by atoms with E-state index < -0.39 is 17.0 Å². The van der Waals surface area contributed by atoms with Gasteiger partial charge in [0.15, 0.2) is 0 Å². The molecule has 7 nitrogen and oxygen atoms in total. The summed E-state index contributed by atoms with van der Waals surface area (Å²) in [7, 11) is 0. The van der Waals surface area contributed by atoms with Gasteiger partial charge in [0.25, 0.3) is 5.69 Å². The van der Waals surface area contributed by atoms with Gasteiger partial charge in [-0.3, -0.25) is 20.2 Å². The number of nitro groups is 1. The third-order valence-corrected chi connectivity index (χ3v) is 4.99. The molecular weight excluding hydrogens is 358 g/mol. The van der Waals surface area contributed by atoms with Crippen LogP contribution < -0.4 is 5.32 Å². The number of fused-ring (bicyclic) bond motifs is 3. The van der Waals surface area contributed by atoms with Gasteiger partial charge in [0.05, 0.1) is 22.6 Å². The lowest BCUT2D eigenvalue weighted by Gasteiger charge is -2.30. The average molecular weight is 379 g/mol. The molecule has 2 aromatic carbocycles. The molecule has 0 radical (unpaired) electrons. The first-order chi connectivity index (χ1) is 13.5. The van der Waals surface area contributed by atoms with E-state index in [9.17, 15) is 14.9 Å². The van der Waals surface area contributed by atoms with Crippen molar-refractivity contribution in [1.29, 1.82) is 0 Å². The lowest BCUT2D eigenvalue weighted by molar-refractivity contribution is -0.385. The number of hydrogen-bond donors (Lipinski definition) is 2. The van der Waals surface area contributed by atoms with Crippen molar-refractivity contribution in [2.45, 2.75) is 38.5 Å². The lowest BCUT2D eigenvalue weighted by atomic mass is 9.89. The van der Waals surface area contributed by atoms with Gasteiger partial charge in [-0.05, 0) is 25.5 Å². The van der Waals surface area contributed by atoms with Gasteiger partial charge in [0, 0.05) is 29.1 Å². The molecule has 0 spiro atoms. The second-order valence-electron chi connectivity index (χ2n) is 7.22. The number of aromatic amines is 1. The number of nitro benzene ring substituents is 1. The van der Waals surface area contributed by atoms with Gasteiger partial charge in [-0.1, -0.05) is 36.4 Å². The number of nitrogens with one attached hydrogen (secondary N) is 2. The summed E-state index contributed by atoms with van der Waals surface area (Å²) in [6.45, 7) is 3.61. The summed E-state index contributed by atoms with van der Waals surface area (Å²) < 4.78 is 5.41. The molecule has 0 saturated carbocycles. The Morgan fingerprint density at radius 3 is 2.64 bits per heavy atom. The van der Waals surface area contributed by atoms with Gasteiger partial charge in [-0.25, -0.2) is 0 Å². The summed E-state index contributed by atoms with van der Waals surface area (Å²) in [5, 5.41) is 15.9. The Balaban J connectivity index is 1.86. The van der Waals surface area contributed by atoms with Crippen LogP contribution in [0, 0.1) is 10.1 Å². The maximum Gasteiger partial charge on any atom is 0.323 e. The van der Waals surface area contributed by atoms with Gasteiger partial charge in [0.2, 0.25) is 0 Å². The van der Waals surface area contributed by atoms with E-state index in [0.717, 1.165) is 22.2 Å². The minimum atomic E-state index is -0.584. The Morgan fingerprint density at radius 1 is 1.18 bits per heavy atom. The summed E-state index contributed by atoms with van der Waals surface area (Å²) in [5.41, 5.74) is 3.31. The first kappa shape index (κ1) is 18.2. The van der Waals surface area contributed by atoms with Crippen molar-refractivity contribution in [3.63, 3.8) is 0 Å². The van der Waals surface area contributed by atoms with Gasteiger partial charge in [-0.15, -0.1) is 0 Å². The van der Waals surface area contributed by atoms with Crippen LogP contribution in [0.3, 0.4) is 0 Å². The number of nitrogens with zero attached hydrogens (tertiary/aromatic N) is 1. The van der Waals surface area contributed by atoms with Crippen molar-refractivity contribution in [3.05, 3.63) is 75.5 Å². The molecule has 4 rings (SSSR count). The predicted molar refractivity (Wildman–Crippen MR) is 105 cm³/mol. The first-order valence-corrected chi connectivity index (χ1v) is 9.25. The van der Waals surface area contributed by atoms with Crippen LogP contribution in [0.1, 0.15) is 36.7 Å². The Kier molecular flexibility index (Phi) is 4.60. The number of aromatic nitrogens is 1. The molecule has 2 N–H and O–H groups in total. The molecule has 1 aliphatic rings. The number of carbonyl (C=O) groups is 1. The molecule has 0 unspecified atom stereocenters. The van der Waals surface area contributed by atoms with Crippen LogP contribution >= 0.6 is 0 Å². The highest BCUT2D eigenvalue weighted by Crippen LogP contribution is 2.38. The monoisotopic (exact) mass is 379 g/mol. The third-order valence-electron chi connectivity index (χ3n) is 4.99. The molecule has 2 heterocycles. The van der Waals surface area contributed by atoms with E-state index in [-0.39, 0.29) is 17.8 Å². The molecule has 3 aromatic rings. The first-order valence-electron chi connectivity index (χ1n) is 9.25. The number of para-hydroxylation sites is 2. The minimum absolute atomic E-state index is 0.0162.